The van der Waals surface area contributed by atoms with Crippen LogP contribution < -0.4 is 10.5 Å². The topological polar surface area (TPSA) is 61.5 Å². The highest BCUT2D eigenvalue weighted by Gasteiger charge is 2.18. The summed E-state index contributed by atoms with van der Waals surface area (Å²) in [6.45, 7) is 8.34. The van der Waals surface area contributed by atoms with Crippen LogP contribution in [0.4, 0.5) is 0 Å². The van der Waals surface area contributed by atoms with Gasteiger partial charge < -0.3 is 15.2 Å². The standard InChI is InChI=1S/C22H29NO3.ClH/c1-15(2)18-11-8-12-19(16(3)4)21(18)25-14-26-22(24)20(23)13-17-9-6-5-7-10-17;/h5-12,15-16,20H,13-14,23H2,1-4H3;1H/t20-;/m0./s1. The number of benzene rings is 2. The van der Waals surface area contributed by atoms with Crippen LogP contribution in [-0.4, -0.2) is 18.8 Å². The average molecular weight is 392 g/mol. The number of nitrogens with two attached hydrogens (primary N) is 1. The SMILES string of the molecule is CC(C)c1cccc(C(C)C)c1OCOC(=O)[C@@H](N)Cc1ccccc1.Cl. The quantitative estimate of drug-likeness (QED) is 0.518. The van der Waals surface area contributed by atoms with Gasteiger partial charge in [-0.15, -0.1) is 12.4 Å². The van der Waals surface area contributed by atoms with Crippen LogP contribution in [0, 0.1) is 0 Å². The molecule has 0 aliphatic carbocycles. The zero-order valence-corrected chi connectivity index (χ0v) is 17.3. The molecule has 2 aromatic rings. The number of hydrogen-bond acceptors (Lipinski definition) is 4. The lowest BCUT2D eigenvalue weighted by Gasteiger charge is -2.20. The number of halogens is 1. The highest BCUT2D eigenvalue weighted by molar-refractivity contribution is 5.85. The summed E-state index contributed by atoms with van der Waals surface area (Å²) in [5.41, 5.74) is 9.18. The first kappa shape index (κ1) is 23.0. The fraction of sp³-hybridized carbons (Fsp3) is 0.409. The van der Waals surface area contributed by atoms with Crippen LogP contribution in [0.15, 0.2) is 48.5 Å². The highest BCUT2D eigenvalue weighted by atomic mass is 35.5. The Morgan fingerprint density at radius 2 is 1.48 bits per heavy atom. The first-order chi connectivity index (χ1) is 12.4. The molecule has 4 nitrogen and oxygen atoms in total. The van der Waals surface area contributed by atoms with Gasteiger partial charge >= 0.3 is 5.97 Å². The number of carbonyl (C=O) groups excluding carboxylic acids is 1. The molecule has 148 valence electrons. The van der Waals surface area contributed by atoms with E-state index in [0.717, 1.165) is 22.4 Å². The van der Waals surface area contributed by atoms with Crippen molar-refractivity contribution < 1.29 is 14.3 Å². The van der Waals surface area contributed by atoms with Crippen molar-refractivity contribution in [3.8, 4) is 5.75 Å². The Labute approximate surface area is 168 Å². The second-order valence-corrected chi connectivity index (χ2v) is 7.10. The third kappa shape index (κ3) is 6.56. The van der Waals surface area contributed by atoms with E-state index < -0.39 is 12.0 Å². The Balaban J connectivity index is 0.00000364. The largest absolute Gasteiger partial charge is 0.457 e. The number of rotatable bonds is 8. The summed E-state index contributed by atoms with van der Waals surface area (Å²) in [7, 11) is 0. The molecule has 0 saturated heterocycles. The third-order valence-electron chi connectivity index (χ3n) is 4.33. The summed E-state index contributed by atoms with van der Waals surface area (Å²) < 4.78 is 11.1. The van der Waals surface area contributed by atoms with Gasteiger partial charge in [-0.25, -0.2) is 0 Å². The molecule has 2 N–H and O–H groups in total. The van der Waals surface area contributed by atoms with Gasteiger partial charge in [0.1, 0.15) is 11.8 Å². The zero-order valence-electron chi connectivity index (χ0n) is 16.5. The molecular weight excluding hydrogens is 362 g/mol. The molecule has 0 radical (unpaired) electrons. The zero-order chi connectivity index (χ0) is 19.1. The average Bonchev–Trinajstić information content (AvgIpc) is 2.62. The molecule has 0 unspecified atom stereocenters. The van der Waals surface area contributed by atoms with Crippen LogP contribution in [0.3, 0.4) is 0 Å². The van der Waals surface area contributed by atoms with Crippen molar-refractivity contribution in [2.24, 2.45) is 5.73 Å². The van der Waals surface area contributed by atoms with Gasteiger partial charge in [-0.1, -0.05) is 76.2 Å². The molecule has 0 aliphatic rings. The van der Waals surface area contributed by atoms with E-state index in [2.05, 4.69) is 39.8 Å². The van der Waals surface area contributed by atoms with E-state index in [-0.39, 0.29) is 19.2 Å². The summed E-state index contributed by atoms with van der Waals surface area (Å²) in [6, 6.07) is 15.1. The van der Waals surface area contributed by atoms with Crippen LogP contribution in [0.2, 0.25) is 0 Å². The number of carbonyl (C=O) groups is 1. The Hall–Kier alpha value is -2.04. The van der Waals surface area contributed by atoms with Crippen LogP contribution >= 0.6 is 12.4 Å². The summed E-state index contributed by atoms with van der Waals surface area (Å²) in [4.78, 5) is 12.1. The highest BCUT2D eigenvalue weighted by Crippen LogP contribution is 2.34. The first-order valence-electron chi connectivity index (χ1n) is 9.11. The van der Waals surface area contributed by atoms with Gasteiger partial charge in [-0.2, -0.15) is 0 Å². The maximum Gasteiger partial charge on any atom is 0.326 e. The van der Waals surface area contributed by atoms with E-state index in [1.54, 1.807) is 0 Å². The van der Waals surface area contributed by atoms with E-state index in [0.29, 0.717) is 18.3 Å². The van der Waals surface area contributed by atoms with E-state index in [1.165, 1.54) is 0 Å². The van der Waals surface area contributed by atoms with Crippen molar-refractivity contribution in [3.63, 3.8) is 0 Å². The number of ether oxygens (including phenoxy) is 2. The van der Waals surface area contributed by atoms with E-state index in [1.807, 2.05) is 36.4 Å². The van der Waals surface area contributed by atoms with Crippen LogP contribution in [0.1, 0.15) is 56.2 Å². The first-order valence-corrected chi connectivity index (χ1v) is 9.11. The van der Waals surface area contributed by atoms with Crippen LogP contribution in [-0.2, 0) is 16.0 Å². The van der Waals surface area contributed by atoms with E-state index in [9.17, 15) is 4.79 Å². The minimum Gasteiger partial charge on any atom is -0.457 e. The maximum atomic E-state index is 12.1. The molecule has 0 fully saturated rings. The predicted octanol–water partition coefficient (Wildman–Crippen LogP) is 4.80. The molecule has 0 heterocycles. The molecule has 0 bridgehead atoms. The fourth-order valence-corrected chi connectivity index (χ4v) is 2.85. The molecule has 5 heteroatoms. The van der Waals surface area contributed by atoms with Crippen LogP contribution in [0.5, 0.6) is 5.75 Å². The van der Waals surface area contributed by atoms with Gasteiger partial charge in [0.05, 0.1) is 0 Å². The second-order valence-electron chi connectivity index (χ2n) is 7.10. The number of esters is 1. The third-order valence-corrected chi connectivity index (χ3v) is 4.33. The number of para-hydroxylation sites is 1. The summed E-state index contributed by atoms with van der Waals surface area (Å²) in [6.07, 6.45) is 0.444. The van der Waals surface area contributed by atoms with Gasteiger partial charge in [0, 0.05) is 0 Å². The van der Waals surface area contributed by atoms with Gasteiger partial charge in [-0.05, 0) is 34.9 Å². The van der Waals surface area contributed by atoms with Crippen molar-refractivity contribution in [1.82, 2.24) is 0 Å². The van der Waals surface area contributed by atoms with Crippen molar-refractivity contribution in [3.05, 3.63) is 65.2 Å². The van der Waals surface area contributed by atoms with Crippen molar-refractivity contribution in [2.45, 2.75) is 52.0 Å². The summed E-state index contributed by atoms with van der Waals surface area (Å²) >= 11 is 0. The molecule has 0 spiro atoms. The Bertz CT molecular complexity index is 691. The van der Waals surface area contributed by atoms with Crippen molar-refractivity contribution in [1.29, 1.82) is 0 Å². The molecule has 0 amide bonds. The lowest BCUT2D eigenvalue weighted by atomic mass is 9.94. The Kier molecular flexibility index (Phi) is 9.33. The molecule has 1 atom stereocenters. The minimum absolute atomic E-state index is 0. The predicted molar refractivity (Wildman–Crippen MR) is 112 cm³/mol. The Morgan fingerprint density at radius 1 is 0.926 bits per heavy atom. The monoisotopic (exact) mass is 391 g/mol. The van der Waals surface area contributed by atoms with E-state index >= 15 is 0 Å². The van der Waals surface area contributed by atoms with Gasteiger partial charge in [0.2, 0.25) is 6.79 Å². The van der Waals surface area contributed by atoms with Crippen LogP contribution in [0.25, 0.3) is 0 Å². The summed E-state index contributed by atoms with van der Waals surface area (Å²) in [5, 5.41) is 0. The fourth-order valence-electron chi connectivity index (χ4n) is 2.85. The molecule has 0 aliphatic heterocycles. The lowest BCUT2D eigenvalue weighted by molar-refractivity contribution is -0.151. The summed E-state index contributed by atoms with van der Waals surface area (Å²) in [5.74, 6) is 0.989. The number of hydrogen-bond donors (Lipinski definition) is 1. The molecular formula is C22H30ClNO3. The van der Waals surface area contributed by atoms with Crippen molar-refractivity contribution in [2.75, 3.05) is 6.79 Å². The van der Waals surface area contributed by atoms with Gasteiger partial charge in [-0.3, -0.25) is 4.79 Å². The van der Waals surface area contributed by atoms with E-state index in [4.69, 9.17) is 15.2 Å². The molecule has 27 heavy (non-hydrogen) atoms. The smallest absolute Gasteiger partial charge is 0.326 e. The normalized spacial score (nSPS) is 11.8. The lowest BCUT2D eigenvalue weighted by Crippen LogP contribution is -2.35. The molecule has 0 saturated carbocycles. The maximum absolute atomic E-state index is 12.1. The van der Waals surface area contributed by atoms with Crippen molar-refractivity contribution >= 4 is 18.4 Å². The van der Waals surface area contributed by atoms with Gasteiger partial charge in [0.15, 0.2) is 0 Å². The molecule has 0 aromatic heterocycles. The molecule has 2 rings (SSSR count). The Morgan fingerprint density at radius 3 is 2.00 bits per heavy atom. The molecule has 2 aromatic carbocycles. The minimum atomic E-state index is -0.703. The second kappa shape index (κ2) is 11.0. The van der Waals surface area contributed by atoms with Gasteiger partial charge in [0.25, 0.3) is 0 Å².